The number of piperidine rings is 1. The van der Waals surface area contributed by atoms with E-state index in [0.717, 1.165) is 25.3 Å². The van der Waals surface area contributed by atoms with Crippen molar-refractivity contribution in [1.29, 1.82) is 0 Å². The van der Waals surface area contributed by atoms with Gasteiger partial charge in [-0.25, -0.2) is 0 Å². The molecule has 2 aliphatic heterocycles. The fourth-order valence-electron chi connectivity index (χ4n) is 3.62. The molecule has 0 saturated carbocycles. The maximum Gasteiger partial charge on any atom is 0.222 e. The minimum atomic E-state index is 0.280. The van der Waals surface area contributed by atoms with Crippen LogP contribution in [-0.2, 0) is 4.79 Å². The molecule has 0 bridgehead atoms. The zero-order valence-electron chi connectivity index (χ0n) is 14.1. The lowest BCUT2D eigenvalue weighted by atomic mass is 9.97. The first-order valence-corrected chi connectivity index (χ1v) is 8.95. The number of benzene rings is 1. The van der Waals surface area contributed by atoms with Gasteiger partial charge in [-0.05, 0) is 44.9 Å². The van der Waals surface area contributed by atoms with E-state index in [1.165, 1.54) is 25.8 Å². The van der Waals surface area contributed by atoms with Crippen LogP contribution < -0.4 is 4.74 Å². The topological polar surface area (TPSA) is 32.8 Å². The molecule has 2 fully saturated rings. The van der Waals surface area contributed by atoms with Gasteiger partial charge in [0, 0.05) is 31.6 Å². The van der Waals surface area contributed by atoms with Crippen LogP contribution in [0.1, 0.15) is 39.0 Å². The fourth-order valence-corrected chi connectivity index (χ4v) is 3.62. The maximum absolute atomic E-state index is 12.2. The zero-order chi connectivity index (χ0) is 16.1. The van der Waals surface area contributed by atoms with Crippen LogP contribution >= 0.6 is 0 Å². The molecule has 23 heavy (non-hydrogen) atoms. The molecule has 2 saturated heterocycles. The van der Waals surface area contributed by atoms with Crippen molar-refractivity contribution in [3.05, 3.63) is 30.3 Å². The second-order valence-electron chi connectivity index (χ2n) is 6.80. The van der Waals surface area contributed by atoms with Crippen molar-refractivity contribution in [1.82, 2.24) is 9.80 Å². The van der Waals surface area contributed by atoms with Gasteiger partial charge in [0.2, 0.25) is 5.91 Å². The highest BCUT2D eigenvalue weighted by Gasteiger charge is 2.36. The summed E-state index contributed by atoms with van der Waals surface area (Å²) in [6.45, 7) is 5.98. The van der Waals surface area contributed by atoms with E-state index in [4.69, 9.17) is 4.74 Å². The van der Waals surface area contributed by atoms with Crippen molar-refractivity contribution in [2.75, 3.05) is 26.2 Å². The molecule has 1 aromatic carbocycles. The summed E-state index contributed by atoms with van der Waals surface area (Å²) in [5.74, 6) is 1.16. The molecule has 0 spiro atoms. The standard InChI is InChI=1S/C19H28N2O2/c1-16-8-5-6-12-21(16)17-14-20(15-17)19(22)11-7-13-23-18-9-3-2-4-10-18/h2-4,9-10,16-17H,5-8,11-15H2,1H3. The van der Waals surface area contributed by atoms with Gasteiger partial charge in [0.25, 0.3) is 0 Å². The lowest BCUT2D eigenvalue weighted by molar-refractivity contribution is -0.140. The first-order valence-electron chi connectivity index (χ1n) is 8.95. The molecule has 2 aliphatic rings. The summed E-state index contributed by atoms with van der Waals surface area (Å²) in [4.78, 5) is 16.8. The SMILES string of the molecule is CC1CCCCN1C1CN(C(=O)CCCOc2ccccc2)C1. The van der Waals surface area contributed by atoms with Crippen LogP contribution in [0.2, 0.25) is 0 Å². The van der Waals surface area contributed by atoms with E-state index in [2.05, 4.69) is 11.8 Å². The molecular weight excluding hydrogens is 288 g/mol. The third-order valence-corrected chi connectivity index (χ3v) is 5.09. The normalized spacial score (nSPS) is 22.7. The van der Waals surface area contributed by atoms with Crippen molar-refractivity contribution in [3.63, 3.8) is 0 Å². The molecule has 126 valence electrons. The molecule has 4 heteroatoms. The lowest BCUT2D eigenvalue weighted by Crippen LogP contribution is -2.63. The monoisotopic (exact) mass is 316 g/mol. The summed E-state index contributed by atoms with van der Waals surface area (Å²) >= 11 is 0. The maximum atomic E-state index is 12.2. The average Bonchev–Trinajstić information content (AvgIpc) is 2.53. The minimum absolute atomic E-state index is 0.280. The molecule has 1 amide bonds. The van der Waals surface area contributed by atoms with Gasteiger partial charge < -0.3 is 9.64 Å². The van der Waals surface area contributed by atoms with Gasteiger partial charge in [-0.15, -0.1) is 0 Å². The van der Waals surface area contributed by atoms with Gasteiger partial charge >= 0.3 is 0 Å². The summed E-state index contributed by atoms with van der Waals surface area (Å²) in [5.41, 5.74) is 0. The molecule has 4 nitrogen and oxygen atoms in total. The molecule has 1 aromatic rings. The van der Waals surface area contributed by atoms with E-state index in [-0.39, 0.29) is 5.91 Å². The Balaban J connectivity index is 1.31. The average molecular weight is 316 g/mol. The highest BCUT2D eigenvalue weighted by Crippen LogP contribution is 2.24. The fraction of sp³-hybridized carbons (Fsp3) is 0.632. The third kappa shape index (κ3) is 4.25. The first-order chi connectivity index (χ1) is 11.2. The van der Waals surface area contributed by atoms with Crippen LogP contribution in [0.4, 0.5) is 0 Å². The summed E-state index contributed by atoms with van der Waals surface area (Å²) in [7, 11) is 0. The molecule has 0 radical (unpaired) electrons. The van der Waals surface area contributed by atoms with Crippen molar-refractivity contribution in [3.8, 4) is 5.75 Å². The summed E-state index contributed by atoms with van der Waals surface area (Å²) in [5, 5.41) is 0. The second kappa shape index (κ2) is 7.82. The number of amides is 1. The van der Waals surface area contributed by atoms with Crippen LogP contribution in [0.5, 0.6) is 5.75 Å². The molecule has 2 heterocycles. The Hall–Kier alpha value is -1.55. The van der Waals surface area contributed by atoms with E-state index < -0.39 is 0 Å². The van der Waals surface area contributed by atoms with Crippen molar-refractivity contribution in [2.24, 2.45) is 0 Å². The Morgan fingerprint density at radius 1 is 1.22 bits per heavy atom. The van der Waals surface area contributed by atoms with Gasteiger partial charge in [0.1, 0.15) is 5.75 Å². The van der Waals surface area contributed by atoms with Gasteiger partial charge in [-0.1, -0.05) is 24.6 Å². The van der Waals surface area contributed by atoms with Crippen molar-refractivity contribution in [2.45, 2.75) is 51.1 Å². The predicted molar refractivity (Wildman–Crippen MR) is 91.6 cm³/mol. The van der Waals surface area contributed by atoms with E-state index in [9.17, 15) is 4.79 Å². The van der Waals surface area contributed by atoms with Gasteiger partial charge in [-0.2, -0.15) is 0 Å². The number of ether oxygens (including phenoxy) is 1. The number of carbonyl (C=O) groups is 1. The molecule has 1 atom stereocenters. The van der Waals surface area contributed by atoms with Gasteiger partial charge in [0.05, 0.1) is 6.61 Å². The largest absolute Gasteiger partial charge is 0.494 e. The zero-order valence-corrected chi connectivity index (χ0v) is 14.1. The number of hydrogen-bond acceptors (Lipinski definition) is 3. The predicted octanol–water partition coefficient (Wildman–Crippen LogP) is 2.93. The van der Waals surface area contributed by atoms with Gasteiger partial charge in [0.15, 0.2) is 0 Å². The van der Waals surface area contributed by atoms with Crippen LogP contribution in [-0.4, -0.2) is 54.0 Å². The molecule has 3 rings (SSSR count). The number of likely N-dealkylation sites (tertiary alicyclic amines) is 2. The van der Waals surface area contributed by atoms with Crippen LogP contribution in [0.25, 0.3) is 0 Å². The van der Waals surface area contributed by atoms with E-state index in [1.807, 2.05) is 35.2 Å². The molecule has 1 unspecified atom stereocenters. The number of carbonyl (C=O) groups excluding carboxylic acids is 1. The van der Waals surface area contributed by atoms with E-state index in [1.54, 1.807) is 0 Å². The van der Waals surface area contributed by atoms with Crippen molar-refractivity contribution < 1.29 is 9.53 Å². The summed E-state index contributed by atoms with van der Waals surface area (Å²) in [6.07, 6.45) is 5.35. The second-order valence-corrected chi connectivity index (χ2v) is 6.80. The van der Waals surface area contributed by atoms with Crippen LogP contribution in [0.3, 0.4) is 0 Å². The van der Waals surface area contributed by atoms with Crippen molar-refractivity contribution >= 4 is 5.91 Å². The highest BCUT2D eigenvalue weighted by molar-refractivity contribution is 5.77. The van der Waals surface area contributed by atoms with Crippen LogP contribution in [0, 0.1) is 0 Å². The summed E-state index contributed by atoms with van der Waals surface area (Å²) < 4.78 is 5.64. The molecular formula is C19H28N2O2. The highest BCUT2D eigenvalue weighted by atomic mass is 16.5. The van der Waals surface area contributed by atoms with E-state index in [0.29, 0.717) is 25.1 Å². The molecule has 0 N–H and O–H groups in total. The minimum Gasteiger partial charge on any atom is -0.494 e. The Labute approximate surface area is 139 Å². The van der Waals surface area contributed by atoms with E-state index >= 15 is 0 Å². The third-order valence-electron chi connectivity index (χ3n) is 5.09. The Morgan fingerprint density at radius 2 is 2.00 bits per heavy atom. The Bertz CT molecular complexity index is 499. The Morgan fingerprint density at radius 3 is 2.74 bits per heavy atom. The quantitative estimate of drug-likeness (QED) is 0.757. The first kappa shape index (κ1) is 16.3. The van der Waals surface area contributed by atoms with Crippen LogP contribution in [0.15, 0.2) is 30.3 Å². The summed E-state index contributed by atoms with van der Waals surface area (Å²) in [6, 6.07) is 11.1. The number of nitrogens with zero attached hydrogens (tertiary/aromatic N) is 2. The van der Waals surface area contributed by atoms with Gasteiger partial charge in [-0.3, -0.25) is 9.69 Å². The number of hydrogen-bond donors (Lipinski definition) is 0. The number of para-hydroxylation sites is 1. The number of rotatable bonds is 6. The lowest BCUT2D eigenvalue weighted by Gasteiger charge is -2.49. The molecule has 0 aromatic heterocycles. The molecule has 0 aliphatic carbocycles. The smallest absolute Gasteiger partial charge is 0.222 e. The Kier molecular flexibility index (Phi) is 5.55.